The van der Waals surface area contributed by atoms with Crippen LogP contribution in [0, 0.1) is 0 Å². The molecule has 0 saturated carbocycles. The molecule has 0 aliphatic rings. The SMILES string of the molecule is CCOc1cccc(N(CC(=O)NCc2ccc(Cl)cc2)S(C)(=O)=O)c1. The van der Waals surface area contributed by atoms with Gasteiger partial charge in [-0.15, -0.1) is 0 Å². The molecule has 0 atom stereocenters. The fraction of sp³-hybridized carbons (Fsp3) is 0.278. The summed E-state index contributed by atoms with van der Waals surface area (Å²) in [7, 11) is -3.63. The van der Waals surface area contributed by atoms with Gasteiger partial charge in [0, 0.05) is 17.6 Å². The van der Waals surface area contributed by atoms with Gasteiger partial charge < -0.3 is 10.1 Å². The lowest BCUT2D eigenvalue weighted by Crippen LogP contribution is -2.40. The number of amides is 1. The second-order valence-corrected chi connectivity index (χ2v) is 7.95. The van der Waals surface area contributed by atoms with E-state index in [2.05, 4.69) is 5.32 Å². The average Bonchev–Trinajstić information content (AvgIpc) is 2.59. The van der Waals surface area contributed by atoms with E-state index in [-0.39, 0.29) is 13.1 Å². The van der Waals surface area contributed by atoms with Crippen LogP contribution in [0.15, 0.2) is 48.5 Å². The van der Waals surface area contributed by atoms with Gasteiger partial charge in [-0.05, 0) is 36.8 Å². The van der Waals surface area contributed by atoms with Crippen molar-refractivity contribution in [2.24, 2.45) is 0 Å². The van der Waals surface area contributed by atoms with Crippen molar-refractivity contribution < 1.29 is 17.9 Å². The zero-order valence-electron chi connectivity index (χ0n) is 14.6. The number of hydrogen-bond donors (Lipinski definition) is 1. The van der Waals surface area contributed by atoms with Gasteiger partial charge in [0.05, 0.1) is 18.6 Å². The van der Waals surface area contributed by atoms with Crippen molar-refractivity contribution in [3.05, 3.63) is 59.1 Å². The predicted molar refractivity (Wildman–Crippen MR) is 103 cm³/mol. The standard InChI is InChI=1S/C18H21ClN2O4S/c1-3-25-17-6-4-5-16(11-17)21(26(2,23)24)13-18(22)20-12-14-7-9-15(19)10-8-14/h4-11H,3,12-13H2,1-2H3,(H,20,22). The molecule has 2 rings (SSSR count). The van der Waals surface area contributed by atoms with Crippen LogP contribution in [0.3, 0.4) is 0 Å². The second-order valence-electron chi connectivity index (χ2n) is 5.60. The Hall–Kier alpha value is -2.25. The summed E-state index contributed by atoms with van der Waals surface area (Å²) in [6, 6.07) is 13.7. The van der Waals surface area contributed by atoms with Crippen molar-refractivity contribution in [2.45, 2.75) is 13.5 Å². The molecule has 0 bridgehead atoms. The van der Waals surface area contributed by atoms with E-state index < -0.39 is 15.9 Å². The zero-order chi connectivity index (χ0) is 19.2. The van der Waals surface area contributed by atoms with E-state index in [1.54, 1.807) is 48.5 Å². The maximum atomic E-state index is 12.2. The lowest BCUT2D eigenvalue weighted by atomic mass is 10.2. The van der Waals surface area contributed by atoms with Crippen molar-refractivity contribution >= 4 is 33.2 Å². The third kappa shape index (κ3) is 5.93. The quantitative estimate of drug-likeness (QED) is 0.744. The lowest BCUT2D eigenvalue weighted by molar-refractivity contribution is -0.119. The molecule has 0 aromatic heterocycles. The zero-order valence-corrected chi connectivity index (χ0v) is 16.2. The topological polar surface area (TPSA) is 75.7 Å². The average molecular weight is 397 g/mol. The molecular weight excluding hydrogens is 376 g/mol. The van der Waals surface area contributed by atoms with Gasteiger partial charge in [-0.2, -0.15) is 0 Å². The highest BCUT2D eigenvalue weighted by Crippen LogP contribution is 2.23. The third-order valence-corrected chi connectivity index (χ3v) is 4.90. The normalized spacial score (nSPS) is 11.0. The molecule has 0 radical (unpaired) electrons. The van der Waals surface area contributed by atoms with Gasteiger partial charge in [-0.1, -0.05) is 29.8 Å². The molecule has 140 valence electrons. The molecule has 0 fully saturated rings. The summed E-state index contributed by atoms with van der Waals surface area (Å²) in [6.45, 7) is 2.27. The van der Waals surface area contributed by atoms with E-state index in [4.69, 9.17) is 16.3 Å². The minimum atomic E-state index is -3.63. The number of ether oxygens (including phenoxy) is 1. The summed E-state index contributed by atoms with van der Waals surface area (Å²) < 4.78 is 30.7. The van der Waals surface area contributed by atoms with Gasteiger partial charge in [-0.3, -0.25) is 9.10 Å². The Balaban J connectivity index is 2.09. The number of nitrogens with zero attached hydrogens (tertiary/aromatic N) is 1. The van der Waals surface area contributed by atoms with Crippen molar-refractivity contribution in [2.75, 3.05) is 23.7 Å². The molecule has 0 saturated heterocycles. The number of rotatable bonds is 8. The highest BCUT2D eigenvalue weighted by atomic mass is 35.5. The van der Waals surface area contributed by atoms with Crippen LogP contribution in [0.25, 0.3) is 0 Å². The Kier molecular flexibility index (Phi) is 6.88. The van der Waals surface area contributed by atoms with Gasteiger partial charge in [0.15, 0.2) is 0 Å². The monoisotopic (exact) mass is 396 g/mol. The summed E-state index contributed by atoms with van der Waals surface area (Å²) in [5, 5.41) is 3.32. The number of halogens is 1. The molecule has 1 amide bonds. The Morgan fingerprint density at radius 3 is 2.50 bits per heavy atom. The summed E-state index contributed by atoms with van der Waals surface area (Å²) in [5.74, 6) is 0.132. The van der Waals surface area contributed by atoms with Gasteiger partial charge in [0.1, 0.15) is 12.3 Å². The van der Waals surface area contributed by atoms with Crippen molar-refractivity contribution in [3.63, 3.8) is 0 Å². The van der Waals surface area contributed by atoms with E-state index in [0.29, 0.717) is 23.1 Å². The molecule has 2 aromatic rings. The lowest BCUT2D eigenvalue weighted by Gasteiger charge is -2.22. The van der Waals surface area contributed by atoms with E-state index in [0.717, 1.165) is 16.1 Å². The highest BCUT2D eigenvalue weighted by Gasteiger charge is 2.21. The van der Waals surface area contributed by atoms with Crippen LogP contribution in [0.5, 0.6) is 5.75 Å². The maximum absolute atomic E-state index is 12.2. The Morgan fingerprint density at radius 1 is 1.19 bits per heavy atom. The van der Waals surface area contributed by atoms with E-state index in [9.17, 15) is 13.2 Å². The number of carbonyl (C=O) groups is 1. The van der Waals surface area contributed by atoms with Crippen molar-refractivity contribution in [3.8, 4) is 5.75 Å². The van der Waals surface area contributed by atoms with Crippen molar-refractivity contribution in [1.82, 2.24) is 5.32 Å². The van der Waals surface area contributed by atoms with Gasteiger partial charge in [0.2, 0.25) is 15.9 Å². The highest BCUT2D eigenvalue weighted by molar-refractivity contribution is 7.92. The first-order chi connectivity index (χ1) is 12.3. The number of nitrogens with one attached hydrogen (secondary N) is 1. The summed E-state index contributed by atoms with van der Waals surface area (Å²) in [4.78, 5) is 12.2. The molecule has 0 spiro atoms. The Morgan fingerprint density at radius 2 is 1.88 bits per heavy atom. The van der Waals surface area contributed by atoms with Crippen molar-refractivity contribution in [1.29, 1.82) is 0 Å². The van der Waals surface area contributed by atoms with Gasteiger partial charge >= 0.3 is 0 Å². The smallest absolute Gasteiger partial charge is 0.241 e. The largest absolute Gasteiger partial charge is 0.494 e. The number of sulfonamides is 1. The first-order valence-corrected chi connectivity index (χ1v) is 10.2. The minimum Gasteiger partial charge on any atom is -0.494 e. The summed E-state index contributed by atoms with van der Waals surface area (Å²) in [6.07, 6.45) is 1.06. The summed E-state index contributed by atoms with van der Waals surface area (Å²) >= 11 is 5.83. The maximum Gasteiger partial charge on any atom is 0.241 e. The molecule has 26 heavy (non-hydrogen) atoms. The molecule has 2 aromatic carbocycles. The van der Waals surface area contributed by atoms with Crippen LogP contribution in [0.1, 0.15) is 12.5 Å². The number of anilines is 1. The molecule has 0 heterocycles. The minimum absolute atomic E-state index is 0.284. The molecule has 0 aliphatic carbocycles. The molecule has 1 N–H and O–H groups in total. The number of carbonyl (C=O) groups excluding carboxylic acids is 1. The van der Waals surface area contributed by atoms with E-state index in [1.165, 1.54) is 0 Å². The third-order valence-electron chi connectivity index (χ3n) is 3.51. The van der Waals surface area contributed by atoms with Gasteiger partial charge in [-0.25, -0.2) is 8.42 Å². The van der Waals surface area contributed by atoms with E-state index >= 15 is 0 Å². The molecular formula is C18H21ClN2O4S. The molecule has 8 heteroatoms. The first kappa shape index (κ1) is 20.1. The van der Waals surface area contributed by atoms with Crippen LogP contribution in [-0.2, 0) is 21.4 Å². The number of hydrogen-bond acceptors (Lipinski definition) is 4. The molecule has 6 nitrogen and oxygen atoms in total. The predicted octanol–water partition coefficient (Wildman–Crippen LogP) is 2.82. The van der Waals surface area contributed by atoms with Gasteiger partial charge in [0.25, 0.3) is 0 Å². The Bertz CT molecular complexity index is 854. The van der Waals surface area contributed by atoms with Crippen LogP contribution in [0.2, 0.25) is 5.02 Å². The molecule has 0 unspecified atom stereocenters. The van der Waals surface area contributed by atoms with Crippen LogP contribution in [0.4, 0.5) is 5.69 Å². The second kappa shape index (κ2) is 8.91. The number of benzene rings is 2. The van der Waals surface area contributed by atoms with E-state index in [1.807, 2.05) is 6.92 Å². The molecule has 0 aliphatic heterocycles. The first-order valence-electron chi connectivity index (χ1n) is 8.01. The Labute approximate surface area is 158 Å². The van der Waals surface area contributed by atoms with Crippen LogP contribution in [-0.4, -0.2) is 33.7 Å². The van der Waals surface area contributed by atoms with Crippen LogP contribution >= 0.6 is 11.6 Å². The summed E-state index contributed by atoms with van der Waals surface area (Å²) in [5.41, 5.74) is 1.24. The van der Waals surface area contributed by atoms with Crippen LogP contribution < -0.4 is 14.4 Å². The fourth-order valence-corrected chi connectivity index (χ4v) is 3.26. The fourth-order valence-electron chi connectivity index (χ4n) is 2.28.